The van der Waals surface area contributed by atoms with Gasteiger partial charge in [-0.25, -0.2) is 8.42 Å². The molecule has 2 aromatic carbocycles. The van der Waals surface area contributed by atoms with Gasteiger partial charge in [-0.1, -0.05) is 23.9 Å². The zero-order chi connectivity index (χ0) is 12.8. The smallest absolute Gasteiger partial charge is 0.208 e. The van der Waals surface area contributed by atoms with E-state index >= 15 is 0 Å². The van der Waals surface area contributed by atoms with Crippen molar-refractivity contribution in [3.63, 3.8) is 0 Å². The van der Waals surface area contributed by atoms with Gasteiger partial charge in [-0.2, -0.15) is 5.26 Å². The molecule has 0 saturated carbocycles. The van der Waals surface area contributed by atoms with E-state index in [4.69, 9.17) is 5.26 Å². The van der Waals surface area contributed by atoms with E-state index in [1.807, 2.05) is 12.1 Å². The number of fused-ring (bicyclic) bond motifs is 2. The van der Waals surface area contributed by atoms with Gasteiger partial charge in [0.25, 0.3) is 0 Å². The molecule has 0 spiro atoms. The highest BCUT2D eigenvalue weighted by Gasteiger charge is 2.29. The second-order valence-electron chi connectivity index (χ2n) is 3.83. The molecule has 0 fully saturated rings. The second-order valence-corrected chi connectivity index (χ2v) is 6.80. The maximum absolute atomic E-state index is 12.4. The summed E-state index contributed by atoms with van der Waals surface area (Å²) >= 11 is 1.42. The lowest BCUT2D eigenvalue weighted by Gasteiger charge is -2.18. The fourth-order valence-electron chi connectivity index (χ4n) is 1.87. The Labute approximate surface area is 109 Å². The lowest BCUT2D eigenvalue weighted by molar-refractivity contribution is 0.591. The monoisotopic (exact) mass is 273 g/mol. The van der Waals surface area contributed by atoms with Crippen molar-refractivity contribution in [3.05, 3.63) is 48.0 Å². The summed E-state index contributed by atoms with van der Waals surface area (Å²) in [4.78, 5) is 1.95. The molecule has 5 heteroatoms. The summed E-state index contributed by atoms with van der Waals surface area (Å²) in [6, 6.07) is 13.6. The van der Waals surface area contributed by atoms with Crippen molar-refractivity contribution in [2.45, 2.75) is 19.6 Å². The number of sulfone groups is 1. The molecule has 88 valence electrons. The van der Waals surface area contributed by atoms with E-state index in [1.54, 1.807) is 30.3 Å². The van der Waals surface area contributed by atoms with Crippen LogP contribution in [0.1, 0.15) is 5.56 Å². The Bertz CT molecular complexity index is 789. The minimum absolute atomic E-state index is 0.227. The van der Waals surface area contributed by atoms with E-state index in [-0.39, 0.29) is 4.90 Å². The third kappa shape index (κ3) is 1.54. The van der Waals surface area contributed by atoms with Crippen LogP contribution in [0.2, 0.25) is 0 Å². The second kappa shape index (κ2) is 3.87. The molecule has 0 aliphatic carbocycles. The number of hydrogen-bond donors (Lipinski definition) is 0. The van der Waals surface area contributed by atoms with Crippen LogP contribution in [0, 0.1) is 11.3 Å². The van der Waals surface area contributed by atoms with Crippen LogP contribution in [0.25, 0.3) is 0 Å². The van der Waals surface area contributed by atoms with Gasteiger partial charge in [0.1, 0.15) is 0 Å². The SMILES string of the molecule is N#Cc1ccc2c(c1)S(=O)(=O)c1ccccc1S2. The number of nitriles is 1. The first kappa shape index (κ1) is 11.3. The molecule has 3 nitrogen and oxygen atoms in total. The topological polar surface area (TPSA) is 57.9 Å². The van der Waals surface area contributed by atoms with Gasteiger partial charge in [-0.15, -0.1) is 0 Å². The Morgan fingerprint density at radius 2 is 1.72 bits per heavy atom. The molecule has 0 saturated heterocycles. The van der Waals surface area contributed by atoms with Crippen molar-refractivity contribution >= 4 is 21.6 Å². The summed E-state index contributed by atoms with van der Waals surface area (Å²) in [5.41, 5.74) is 0.359. The van der Waals surface area contributed by atoms with Crippen molar-refractivity contribution in [2.24, 2.45) is 0 Å². The Morgan fingerprint density at radius 3 is 2.50 bits per heavy atom. The first-order valence-corrected chi connectivity index (χ1v) is 7.49. The van der Waals surface area contributed by atoms with Crippen LogP contribution in [-0.2, 0) is 9.84 Å². The zero-order valence-electron chi connectivity index (χ0n) is 9.12. The lowest BCUT2D eigenvalue weighted by Crippen LogP contribution is -2.09. The van der Waals surface area contributed by atoms with Crippen LogP contribution in [0.3, 0.4) is 0 Å². The van der Waals surface area contributed by atoms with Crippen molar-refractivity contribution in [1.29, 1.82) is 5.26 Å². The largest absolute Gasteiger partial charge is 0.218 e. The first-order valence-electron chi connectivity index (χ1n) is 5.19. The highest BCUT2D eigenvalue weighted by Crippen LogP contribution is 2.44. The molecule has 0 amide bonds. The summed E-state index contributed by atoms with van der Waals surface area (Å²) in [5.74, 6) is 0. The van der Waals surface area contributed by atoms with Crippen molar-refractivity contribution < 1.29 is 8.42 Å². The Hall–Kier alpha value is -1.77. The third-order valence-electron chi connectivity index (χ3n) is 2.72. The molecular weight excluding hydrogens is 266 g/mol. The molecule has 0 aromatic heterocycles. The highest BCUT2D eigenvalue weighted by atomic mass is 32.2. The van der Waals surface area contributed by atoms with Crippen molar-refractivity contribution in [2.75, 3.05) is 0 Å². The molecule has 0 N–H and O–H groups in total. The van der Waals surface area contributed by atoms with Crippen LogP contribution < -0.4 is 0 Å². The fourth-order valence-corrected chi connectivity index (χ4v) is 5.06. The summed E-state index contributed by atoms with van der Waals surface area (Å²) in [6.45, 7) is 0. The molecule has 0 atom stereocenters. The molecule has 0 unspecified atom stereocenters. The van der Waals surface area contributed by atoms with E-state index in [1.165, 1.54) is 17.8 Å². The molecule has 0 radical (unpaired) electrons. The first-order chi connectivity index (χ1) is 8.63. The van der Waals surface area contributed by atoms with E-state index in [9.17, 15) is 8.42 Å². The number of nitrogens with zero attached hydrogens (tertiary/aromatic N) is 1. The van der Waals surface area contributed by atoms with Crippen LogP contribution in [0.5, 0.6) is 0 Å². The minimum atomic E-state index is -3.51. The van der Waals surface area contributed by atoms with Gasteiger partial charge in [0.2, 0.25) is 9.84 Å². The predicted molar refractivity (Wildman–Crippen MR) is 67.2 cm³/mol. The molecule has 0 bridgehead atoms. The average molecular weight is 273 g/mol. The van der Waals surface area contributed by atoms with Gasteiger partial charge in [0, 0.05) is 9.79 Å². The number of benzene rings is 2. The average Bonchev–Trinajstić information content (AvgIpc) is 2.39. The van der Waals surface area contributed by atoms with Crippen molar-refractivity contribution in [3.8, 4) is 6.07 Å². The summed E-state index contributed by atoms with van der Waals surface area (Å²) in [7, 11) is -3.51. The quantitative estimate of drug-likeness (QED) is 0.632. The molecule has 2 aromatic rings. The normalized spacial score (nSPS) is 15.3. The molecular formula is C13H7NO2S2. The molecule has 1 aliphatic rings. The predicted octanol–water partition coefficient (Wildman–Crippen LogP) is 2.86. The standard InChI is InChI=1S/C13H7NO2S2/c14-8-9-5-6-11-13(7-9)18(15,16)12-4-2-1-3-10(12)17-11/h1-7H. The third-order valence-corrected chi connectivity index (χ3v) is 5.98. The highest BCUT2D eigenvalue weighted by molar-refractivity contribution is 8.02. The lowest BCUT2D eigenvalue weighted by atomic mass is 10.2. The van der Waals surface area contributed by atoms with E-state index in [2.05, 4.69) is 0 Å². The Kier molecular flexibility index (Phi) is 2.44. The van der Waals surface area contributed by atoms with E-state index in [0.29, 0.717) is 15.4 Å². The summed E-state index contributed by atoms with van der Waals surface area (Å²) in [6.07, 6.45) is 0. The van der Waals surface area contributed by atoms with Crippen LogP contribution in [-0.4, -0.2) is 8.42 Å². The fraction of sp³-hybridized carbons (Fsp3) is 0. The van der Waals surface area contributed by atoms with Crippen LogP contribution >= 0.6 is 11.8 Å². The van der Waals surface area contributed by atoms with Gasteiger partial charge in [-0.3, -0.25) is 0 Å². The van der Waals surface area contributed by atoms with Gasteiger partial charge >= 0.3 is 0 Å². The minimum Gasteiger partial charge on any atom is -0.218 e. The van der Waals surface area contributed by atoms with E-state index in [0.717, 1.165) is 4.90 Å². The number of rotatable bonds is 0. The van der Waals surface area contributed by atoms with Crippen LogP contribution in [0.15, 0.2) is 62.0 Å². The maximum Gasteiger partial charge on any atom is 0.208 e. The summed E-state index contributed by atoms with van der Waals surface area (Å²) < 4.78 is 24.9. The maximum atomic E-state index is 12.4. The zero-order valence-corrected chi connectivity index (χ0v) is 10.8. The van der Waals surface area contributed by atoms with Crippen LogP contribution in [0.4, 0.5) is 0 Å². The Balaban J connectivity index is 2.34. The molecule has 1 aliphatic heterocycles. The van der Waals surface area contributed by atoms with Gasteiger partial charge < -0.3 is 0 Å². The van der Waals surface area contributed by atoms with Gasteiger partial charge in [-0.05, 0) is 30.3 Å². The van der Waals surface area contributed by atoms with Gasteiger partial charge in [0.05, 0.1) is 21.4 Å². The molecule has 18 heavy (non-hydrogen) atoms. The molecule has 1 heterocycles. The summed E-state index contributed by atoms with van der Waals surface area (Å²) in [5, 5.41) is 8.85. The van der Waals surface area contributed by atoms with E-state index < -0.39 is 9.84 Å². The molecule has 3 rings (SSSR count). The van der Waals surface area contributed by atoms with Gasteiger partial charge in [0.15, 0.2) is 0 Å². The Morgan fingerprint density at radius 1 is 1.00 bits per heavy atom. The van der Waals surface area contributed by atoms with Crippen molar-refractivity contribution in [1.82, 2.24) is 0 Å². The number of hydrogen-bond acceptors (Lipinski definition) is 4.